The van der Waals surface area contributed by atoms with Crippen LogP contribution in [0.15, 0.2) is 24.3 Å². The number of ketones is 1. The molecule has 94 valence electrons. The molecule has 0 aliphatic heterocycles. The molecule has 0 aromatic heterocycles. The van der Waals surface area contributed by atoms with Crippen LogP contribution in [0.1, 0.15) is 30.1 Å². The number of sulfone groups is 1. The van der Waals surface area contributed by atoms with E-state index in [-0.39, 0.29) is 11.3 Å². The Morgan fingerprint density at radius 2 is 1.94 bits per heavy atom. The van der Waals surface area contributed by atoms with E-state index >= 15 is 0 Å². The van der Waals surface area contributed by atoms with Gasteiger partial charge in [-0.05, 0) is 18.6 Å². The van der Waals surface area contributed by atoms with E-state index in [1.807, 2.05) is 6.92 Å². The quantitative estimate of drug-likeness (QED) is 0.750. The molecule has 0 N–H and O–H groups in total. The van der Waals surface area contributed by atoms with Crippen LogP contribution in [0.25, 0.3) is 0 Å². The zero-order chi connectivity index (χ0) is 12.9. The SMILES string of the molecule is CCCCS(=O)(=O)CC(=O)c1ccccc1Cl. The molecule has 5 heteroatoms. The Kier molecular flexibility index (Phi) is 5.15. The van der Waals surface area contributed by atoms with E-state index < -0.39 is 21.4 Å². The van der Waals surface area contributed by atoms with E-state index in [1.165, 1.54) is 0 Å². The largest absolute Gasteiger partial charge is 0.293 e. The molecule has 0 spiro atoms. The molecule has 17 heavy (non-hydrogen) atoms. The molecule has 1 aromatic rings. The van der Waals surface area contributed by atoms with E-state index in [2.05, 4.69) is 0 Å². The van der Waals surface area contributed by atoms with E-state index in [4.69, 9.17) is 11.6 Å². The Balaban J connectivity index is 2.77. The van der Waals surface area contributed by atoms with Crippen LogP contribution in [0.4, 0.5) is 0 Å². The molecule has 0 radical (unpaired) electrons. The summed E-state index contributed by atoms with van der Waals surface area (Å²) in [6.45, 7) is 1.91. The maximum absolute atomic E-state index is 11.8. The second-order valence-electron chi connectivity index (χ2n) is 3.85. The van der Waals surface area contributed by atoms with E-state index in [1.54, 1.807) is 24.3 Å². The predicted molar refractivity (Wildman–Crippen MR) is 69.3 cm³/mol. The first-order valence-electron chi connectivity index (χ1n) is 5.44. The van der Waals surface area contributed by atoms with Crippen LogP contribution in [0, 0.1) is 0 Å². The Labute approximate surface area is 107 Å². The standard InChI is InChI=1S/C12H15ClO3S/c1-2-3-8-17(15,16)9-12(14)10-6-4-5-7-11(10)13/h4-7H,2-3,8-9H2,1H3. The Morgan fingerprint density at radius 1 is 1.29 bits per heavy atom. The summed E-state index contributed by atoms with van der Waals surface area (Å²) >= 11 is 5.84. The van der Waals surface area contributed by atoms with Crippen molar-refractivity contribution in [2.24, 2.45) is 0 Å². The molecular weight excluding hydrogens is 260 g/mol. The number of hydrogen-bond acceptors (Lipinski definition) is 3. The number of hydrogen-bond donors (Lipinski definition) is 0. The lowest BCUT2D eigenvalue weighted by atomic mass is 10.1. The van der Waals surface area contributed by atoms with Gasteiger partial charge in [0.15, 0.2) is 15.6 Å². The number of unbranched alkanes of at least 4 members (excludes halogenated alkanes) is 1. The van der Waals surface area contributed by atoms with Crippen LogP contribution < -0.4 is 0 Å². The van der Waals surface area contributed by atoms with Gasteiger partial charge < -0.3 is 0 Å². The lowest BCUT2D eigenvalue weighted by Gasteiger charge is -2.04. The van der Waals surface area contributed by atoms with Gasteiger partial charge in [0.1, 0.15) is 5.75 Å². The Bertz CT molecular complexity index is 494. The van der Waals surface area contributed by atoms with Gasteiger partial charge in [0.05, 0.1) is 10.8 Å². The van der Waals surface area contributed by atoms with Crippen molar-refractivity contribution in [2.45, 2.75) is 19.8 Å². The van der Waals surface area contributed by atoms with Crippen molar-refractivity contribution in [1.82, 2.24) is 0 Å². The third-order valence-corrected chi connectivity index (χ3v) is 4.28. The Morgan fingerprint density at radius 3 is 2.53 bits per heavy atom. The molecule has 0 aliphatic carbocycles. The number of carbonyl (C=O) groups is 1. The summed E-state index contributed by atoms with van der Waals surface area (Å²) in [7, 11) is -3.32. The molecule has 0 saturated heterocycles. The summed E-state index contributed by atoms with van der Waals surface area (Å²) in [5.74, 6) is -0.845. The number of rotatable bonds is 6. The summed E-state index contributed by atoms with van der Waals surface area (Å²) in [5, 5.41) is 0.295. The van der Waals surface area contributed by atoms with E-state index in [0.29, 0.717) is 11.4 Å². The van der Waals surface area contributed by atoms with Crippen molar-refractivity contribution in [3.63, 3.8) is 0 Å². The van der Waals surface area contributed by atoms with Crippen LogP contribution in [0.3, 0.4) is 0 Å². The lowest BCUT2D eigenvalue weighted by molar-refractivity contribution is 0.102. The number of halogens is 1. The maximum atomic E-state index is 11.8. The first-order valence-corrected chi connectivity index (χ1v) is 7.64. The number of Topliss-reactive ketones (excluding diaryl/α,β-unsaturated/α-hetero) is 1. The van der Waals surface area contributed by atoms with Crippen molar-refractivity contribution in [3.05, 3.63) is 34.9 Å². The van der Waals surface area contributed by atoms with Gasteiger partial charge >= 0.3 is 0 Å². The molecule has 1 aromatic carbocycles. The fraction of sp³-hybridized carbons (Fsp3) is 0.417. The highest BCUT2D eigenvalue weighted by Gasteiger charge is 2.18. The third-order valence-electron chi connectivity index (χ3n) is 2.33. The minimum absolute atomic E-state index is 0.0553. The summed E-state index contributed by atoms with van der Waals surface area (Å²) in [6.07, 6.45) is 1.37. The first kappa shape index (κ1) is 14.2. The molecule has 1 rings (SSSR count). The van der Waals surface area contributed by atoms with Gasteiger partial charge in [-0.15, -0.1) is 0 Å². The lowest BCUT2D eigenvalue weighted by Crippen LogP contribution is -2.19. The second-order valence-corrected chi connectivity index (χ2v) is 6.44. The van der Waals surface area contributed by atoms with E-state index in [0.717, 1.165) is 6.42 Å². The summed E-state index contributed by atoms with van der Waals surface area (Å²) in [6, 6.07) is 6.48. The molecular formula is C12H15ClO3S. The average molecular weight is 275 g/mol. The Hall–Kier alpha value is -0.870. The fourth-order valence-corrected chi connectivity index (χ4v) is 3.07. The minimum Gasteiger partial charge on any atom is -0.293 e. The summed E-state index contributed by atoms with van der Waals surface area (Å²) in [5.41, 5.74) is 0.272. The van der Waals surface area contributed by atoms with Crippen molar-refractivity contribution in [3.8, 4) is 0 Å². The van der Waals surface area contributed by atoms with Gasteiger partial charge in [0.25, 0.3) is 0 Å². The van der Waals surface area contributed by atoms with Crippen LogP contribution in [0.2, 0.25) is 5.02 Å². The summed E-state index contributed by atoms with van der Waals surface area (Å²) < 4.78 is 23.2. The molecule has 0 saturated carbocycles. The van der Waals surface area contributed by atoms with Gasteiger partial charge in [-0.3, -0.25) is 4.79 Å². The topological polar surface area (TPSA) is 51.2 Å². The van der Waals surface area contributed by atoms with Crippen LogP contribution in [0.5, 0.6) is 0 Å². The first-order chi connectivity index (χ1) is 7.96. The zero-order valence-electron chi connectivity index (χ0n) is 9.65. The van der Waals surface area contributed by atoms with E-state index in [9.17, 15) is 13.2 Å². The maximum Gasteiger partial charge on any atom is 0.179 e. The van der Waals surface area contributed by atoms with Crippen molar-refractivity contribution in [1.29, 1.82) is 0 Å². The van der Waals surface area contributed by atoms with Crippen LogP contribution in [-0.2, 0) is 9.84 Å². The smallest absolute Gasteiger partial charge is 0.179 e. The van der Waals surface area contributed by atoms with Crippen molar-refractivity contribution in [2.75, 3.05) is 11.5 Å². The van der Waals surface area contributed by atoms with Gasteiger partial charge in [-0.25, -0.2) is 8.42 Å². The van der Waals surface area contributed by atoms with Gasteiger partial charge in [0.2, 0.25) is 0 Å². The van der Waals surface area contributed by atoms with Gasteiger partial charge in [-0.1, -0.05) is 37.1 Å². The molecule has 0 atom stereocenters. The molecule has 3 nitrogen and oxygen atoms in total. The van der Waals surface area contributed by atoms with Gasteiger partial charge in [0, 0.05) is 5.56 Å². The highest BCUT2D eigenvalue weighted by Crippen LogP contribution is 2.16. The van der Waals surface area contributed by atoms with Crippen LogP contribution >= 0.6 is 11.6 Å². The highest BCUT2D eigenvalue weighted by atomic mass is 35.5. The average Bonchev–Trinajstić information content (AvgIpc) is 2.26. The third kappa shape index (κ3) is 4.48. The predicted octanol–water partition coefficient (Wildman–Crippen LogP) is 2.74. The molecule has 0 unspecified atom stereocenters. The summed E-state index contributed by atoms with van der Waals surface area (Å²) in [4.78, 5) is 11.8. The van der Waals surface area contributed by atoms with Crippen molar-refractivity contribution >= 4 is 27.2 Å². The fourth-order valence-electron chi connectivity index (χ4n) is 1.40. The molecule has 0 fully saturated rings. The molecule has 0 heterocycles. The number of benzene rings is 1. The van der Waals surface area contributed by atoms with Crippen LogP contribution in [-0.4, -0.2) is 25.7 Å². The number of carbonyl (C=O) groups excluding carboxylic acids is 1. The monoisotopic (exact) mass is 274 g/mol. The highest BCUT2D eigenvalue weighted by molar-refractivity contribution is 7.92. The van der Waals surface area contributed by atoms with Crippen molar-refractivity contribution < 1.29 is 13.2 Å². The molecule has 0 bridgehead atoms. The van der Waals surface area contributed by atoms with Gasteiger partial charge in [-0.2, -0.15) is 0 Å². The molecule has 0 amide bonds. The second kappa shape index (κ2) is 6.17. The minimum atomic E-state index is -3.32. The zero-order valence-corrected chi connectivity index (χ0v) is 11.2. The normalized spacial score (nSPS) is 11.4. The molecule has 0 aliphatic rings.